The van der Waals surface area contributed by atoms with Gasteiger partial charge in [-0.25, -0.2) is 4.98 Å². The molecule has 1 rings (SSSR count). The van der Waals surface area contributed by atoms with Crippen molar-refractivity contribution in [2.75, 3.05) is 11.1 Å². The Labute approximate surface area is 106 Å². The number of carbonyl (C=O) groups excluding carboxylic acids is 1. The van der Waals surface area contributed by atoms with Gasteiger partial charge in [-0.05, 0) is 34.6 Å². The summed E-state index contributed by atoms with van der Waals surface area (Å²) < 4.78 is 0. The average molecular weight is 256 g/mol. The van der Waals surface area contributed by atoms with Crippen LogP contribution in [0.4, 0.5) is 10.9 Å². The SMILES string of the molecule is CC(C)NC(=O)c1sc(NC(C)(C)C)nc1N. The van der Waals surface area contributed by atoms with Crippen molar-refractivity contribution in [2.45, 2.75) is 46.2 Å². The summed E-state index contributed by atoms with van der Waals surface area (Å²) in [5.41, 5.74) is 5.63. The van der Waals surface area contributed by atoms with E-state index in [-0.39, 0.29) is 23.3 Å². The second-order valence-electron chi connectivity index (χ2n) is 5.24. The second kappa shape index (κ2) is 4.91. The van der Waals surface area contributed by atoms with E-state index in [1.165, 1.54) is 11.3 Å². The summed E-state index contributed by atoms with van der Waals surface area (Å²) in [5.74, 6) is 0.108. The summed E-state index contributed by atoms with van der Waals surface area (Å²) in [5, 5.41) is 6.67. The van der Waals surface area contributed by atoms with Crippen LogP contribution in [0.15, 0.2) is 0 Å². The summed E-state index contributed by atoms with van der Waals surface area (Å²) >= 11 is 1.28. The van der Waals surface area contributed by atoms with Crippen molar-refractivity contribution in [2.24, 2.45) is 0 Å². The maximum absolute atomic E-state index is 11.8. The van der Waals surface area contributed by atoms with E-state index in [4.69, 9.17) is 5.73 Å². The van der Waals surface area contributed by atoms with Gasteiger partial charge in [-0.3, -0.25) is 4.79 Å². The van der Waals surface area contributed by atoms with Gasteiger partial charge in [0, 0.05) is 11.6 Å². The Bertz CT molecular complexity index is 406. The summed E-state index contributed by atoms with van der Waals surface area (Å²) in [6.45, 7) is 9.89. The zero-order valence-electron chi connectivity index (χ0n) is 10.9. The predicted molar refractivity (Wildman–Crippen MR) is 72.5 cm³/mol. The molecule has 0 saturated carbocycles. The highest BCUT2D eigenvalue weighted by molar-refractivity contribution is 7.18. The second-order valence-corrected chi connectivity index (χ2v) is 6.24. The van der Waals surface area contributed by atoms with Crippen LogP contribution >= 0.6 is 11.3 Å². The summed E-state index contributed by atoms with van der Waals surface area (Å²) in [6.07, 6.45) is 0. The van der Waals surface area contributed by atoms with Crippen molar-refractivity contribution < 1.29 is 4.79 Å². The molecule has 5 nitrogen and oxygen atoms in total. The lowest BCUT2D eigenvalue weighted by Gasteiger charge is -2.19. The van der Waals surface area contributed by atoms with Gasteiger partial charge in [0.1, 0.15) is 10.7 Å². The molecular formula is C11H20N4OS. The molecule has 0 aliphatic rings. The lowest BCUT2D eigenvalue weighted by Crippen LogP contribution is -2.29. The monoisotopic (exact) mass is 256 g/mol. The Hall–Kier alpha value is -1.30. The van der Waals surface area contributed by atoms with Crippen LogP contribution in [0.5, 0.6) is 0 Å². The molecule has 0 aromatic carbocycles. The van der Waals surface area contributed by atoms with Gasteiger partial charge < -0.3 is 16.4 Å². The normalized spacial score (nSPS) is 11.6. The molecule has 4 N–H and O–H groups in total. The van der Waals surface area contributed by atoms with E-state index in [1.807, 2.05) is 34.6 Å². The molecule has 17 heavy (non-hydrogen) atoms. The predicted octanol–water partition coefficient (Wildman–Crippen LogP) is 2.07. The van der Waals surface area contributed by atoms with E-state index < -0.39 is 0 Å². The number of rotatable bonds is 3. The number of aromatic nitrogens is 1. The molecule has 0 radical (unpaired) electrons. The third-order valence-electron chi connectivity index (χ3n) is 1.76. The largest absolute Gasteiger partial charge is 0.382 e. The van der Waals surface area contributed by atoms with Crippen LogP contribution in [0.2, 0.25) is 0 Å². The van der Waals surface area contributed by atoms with Crippen molar-refractivity contribution in [3.63, 3.8) is 0 Å². The van der Waals surface area contributed by atoms with Gasteiger partial charge in [0.2, 0.25) is 0 Å². The minimum atomic E-state index is -0.169. The Balaban J connectivity index is 2.85. The third kappa shape index (κ3) is 4.22. The highest BCUT2D eigenvalue weighted by atomic mass is 32.1. The summed E-state index contributed by atoms with van der Waals surface area (Å²) in [7, 11) is 0. The van der Waals surface area contributed by atoms with E-state index >= 15 is 0 Å². The fraction of sp³-hybridized carbons (Fsp3) is 0.636. The Morgan fingerprint density at radius 1 is 1.41 bits per heavy atom. The zero-order valence-corrected chi connectivity index (χ0v) is 11.7. The summed E-state index contributed by atoms with van der Waals surface area (Å²) in [6, 6.07) is 0.0861. The van der Waals surface area contributed by atoms with Gasteiger partial charge in [-0.1, -0.05) is 11.3 Å². The number of hydrogen-bond donors (Lipinski definition) is 3. The van der Waals surface area contributed by atoms with E-state index in [2.05, 4.69) is 15.6 Å². The van der Waals surface area contributed by atoms with Crippen LogP contribution in [-0.4, -0.2) is 22.5 Å². The fourth-order valence-corrected chi connectivity index (χ4v) is 2.19. The van der Waals surface area contributed by atoms with Crippen molar-refractivity contribution >= 4 is 28.2 Å². The van der Waals surface area contributed by atoms with Crippen molar-refractivity contribution in [3.8, 4) is 0 Å². The standard InChI is InChI=1S/C11H20N4OS/c1-6(2)13-9(16)7-8(12)14-10(17-7)15-11(3,4)5/h6H,12H2,1-5H3,(H,13,16)(H,14,15). The van der Waals surface area contributed by atoms with Gasteiger partial charge in [0.15, 0.2) is 5.13 Å². The molecule has 96 valence electrons. The first-order chi connectivity index (χ1) is 7.69. The van der Waals surface area contributed by atoms with Gasteiger partial charge in [0.05, 0.1) is 0 Å². The van der Waals surface area contributed by atoms with Crippen molar-refractivity contribution in [1.29, 1.82) is 0 Å². The first kappa shape index (κ1) is 13.8. The third-order valence-corrected chi connectivity index (χ3v) is 2.75. The van der Waals surface area contributed by atoms with Crippen molar-refractivity contribution in [1.82, 2.24) is 10.3 Å². The number of hydrogen-bond acceptors (Lipinski definition) is 5. The molecule has 0 fully saturated rings. The molecule has 0 atom stereocenters. The van der Waals surface area contributed by atoms with E-state index in [0.29, 0.717) is 10.0 Å². The van der Waals surface area contributed by atoms with E-state index in [0.717, 1.165) is 0 Å². The number of nitrogens with one attached hydrogen (secondary N) is 2. The molecule has 0 saturated heterocycles. The maximum Gasteiger partial charge on any atom is 0.265 e. The minimum Gasteiger partial charge on any atom is -0.382 e. The van der Waals surface area contributed by atoms with Gasteiger partial charge in [0.25, 0.3) is 5.91 Å². The Morgan fingerprint density at radius 2 is 2.00 bits per heavy atom. The number of anilines is 2. The number of thiazole rings is 1. The average Bonchev–Trinajstić information content (AvgIpc) is 2.41. The van der Waals surface area contributed by atoms with Crippen LogP contribution in [0, 0.1) is 0 Å². The number of amides is 1. The maximum atomic E-state index is 11.8. The molecule has 0 aliphatic heterocycles. The molecule has 1 heterocycles. The number of nitrogens with two attached hydrogens (primary N) is 1. The molecule has 0 bridgehead atoms. The highest BCUT2D eigenvalue weighted by Crippen LogP contribution is 2.27. The topological polar surface area (TPSA) is 80.0 Å². The van der Waals surface area contributed by atoms with Crippen LogP contribution in [0.25, 0.3) is 0 Å². The molecule has 0 spiro atoms. The lowest BCUT2D eigenvalue weighted by atomic mass is 10.1. The Kier molecular flexibility index (Phi) is 3.98. The smallest absolute Gasteiger partial charge is 0.265 e. The van der Waals surface area contributed by atoms with Gasteiger partial charge in [-0.15, -0.1) is 0 Å². The number of nitrogen functional groups attached to an aromatic ring is 1. The Morgan fingerprint density at radius 3 is 2.47 bits per heavy atom. The molecule has 0 unspecified atom stereocenters. The van der Waals surface area contributed by atoms with Crippen LogP contribution in [0.1, 0.15) is 44.3 Å². The summed E-state index contributed by atoms with van der Waals surface area (Å²) in [4.78, 5) is 16.4. The van der Waals surface area contributed by atoms with Gasteiger partial charge >= 0.3 is 0 Å². The molecule has 1 aromatic heterocycles. The quantitative estimate of drug-likeness (QED) is 0.773. The first-order valence-corrected chi connectivity index (χ1v) is 6.36. The molecule has 6 heteroatoms. The lowest BCUT2D eigenvalue weighted by molar-refractivity contribution is 0.0948. The fourth-order valence-electron chi connectivity index (χ4n) is 1.20. The van der Waals surface area contributed by atoms with E-state index in [9.17, 15) is 4.79 Å². The van der Waals surface area contributed by atoms with Crippen molar-refractivity contribution in [3.05, 3.63) is 4.88 Å². The zero-order chi connectivity index (χ0) is 13.2. The van der Waals surface area contributed by atoms with Crippen LogP contribution in [-0.2, 0) is 0 Å². The van der Waals surface area contributed by atoms with Gasteiger partial charge in [-0.2, -0.15) is 0 Å². The molecular weight excluding hydrogens is 236 g/mol. The molecule has 1 amide bonds. The number of carbonyl (C=O) groups is 1. The highest BCUT2D eigenvalue weighted by Gasteiger charge is 2.19. The molecule has 1 aromatic rings. The number of nitrogens with zero attached hydrogens (tertiary/aromatic N) is 1. The first-order valence-electron chi connectivity index (χ1n) is 5.54. The van der Waals surface area contributed by atoms with E-state index in [1.54, 1.807) is 0 Å². The van der Waals surface area contributed by atoms with Crippen LogP contribution in [0.3, 0.4) is 0 Å². The minimum absolute atomic E-state index is 0.0861. The molecule has 0 aliphatic carbocycles. The van der Waals surface area contributed by atoms with Crippen LogP contribution < -0.4 is 16.4 Å².